The third kappa shape index (κ3) is 4.57. The van der Waals surface area contributed by atoms with Gasteiger partial charge in [0.2, 0.25) is 0 Å². The fourth-order valence-electron chi connectivity index (χ4n) is 1.67. The van der Waals surface area contributed by atoms with Gasteiger partial charge in [0.25, 0.3) is 0 Å². The lowest BCUT2D eigenvalue weighted by molar-refractivity contribution is 0.0833. The minimum absolute atomic E-state index is 0.215. The number of piperazine rings is 1. The number of aliphatic hydroxyl groups is 1. The minimum atomic E-state index is -0.215. The number of nitrogens with one attached hydrogen (secondary N) is 1. The van der Waals surface area contributed by atoms with E-state index in [4.69, 9.17) is 0 Å². The first-order chi connectivity index (χ1) is 6.18. The van der Waals surface area contributed by atoms with E-state index in [1.807, 2.05) is 19.0 Å². The Kier molecular flexibility index (Phi) is 4.66. The van der Waals surface area contributed by atoms with E-state index < -0.39 is 0 Å². The van der Waals surface area contributed by atoms with Crippen LogP contribution in [0, 0.1) is 0 Å². The van der Waals surface area contributed by atoms with Crippen molar-refractivity contribution in [1.29, 1.82) is 0 Å². The molecule has 0 aromatic carbocycles. The Morgan fingerprint density at radius 3 is 2.54 bits per heavy atom. The smallest absolute Gasteiger partial charge is 0.0793 e. The predicted molar refractivity (Wildman–Crippen MR) is 53.9 cm³/mol. The van der Waals surface area contributed by atoms with Gasteiger partial charge in [-0.05, 0) is 14.1 Å². The largest absolute Gasteiger partial charge is 0.390 e. The Morgan fingerprint density at radius 1 is 1.38 bits per heavy atom. The van der Waals surface area contributed by atoms with Crippen LogP contribution in [0.15, 0.2) is 0 Å². The molecule has 4 heteroatoms. The van der Waals surface area contributed by atoms with Crippen molar-refractivity contribution in [3.05, 3.63) is 0 Å². The highest BCUT2D eigenvalue weighted by Crippen LogP contribution is 1.96. The molecule has 1 aliphatic rings. The summed E-state index contributed by atoms with van der Waals surface area (Å²) in [6, 6.07) is 0. The predicted octanol–water partition coefficient (Wildman–Crippen LogP) is -1.19. The summed E-state index contributed by atoms with van der Waals surface area (Å²) in [6.45, 7) is 5.78. The molecule has 1 heterocycles. The lowest BCUT2D eigenvalue weighted by Gasteiger charge is -2.29. The molecule has 0 radical (unpaired) electrons. The van der Waals surface area contributed by atoms with E-state index >= 15 is 0 Å². The average molecular weight is 187 g/mol. The minimum Gasteiger partial charge on any atom is -0.390 e. The van der Waals surface area contributed by atoms with Crippen molar-refractivity contribution >= 4 is 0 Å². The maximum atomic E-state index is 9.67. The number of β-amino-alcohol motifs (C(OH)–C–C–N with tert-alkyl or cyclic N) is 1. The van der Waals surface area contributed by atoms with Crippen molar-refractivity contribution in [2.75, 3.05) is 53.4 Å². The fourth-order valence-corrected chi connectivity index (χ4v) is 1.67. The molecular formula is C9H21N3O. The molecule has 1 atom stereocenters. The molecule has 0 spiro atoms. The van der Waals surface area contributed by atoms with Crippen molar-refractivity contribution in [3.8, 4) is 0 Å². The van der Waals surface area contributed by atoms with Gasteiger partial charge in [0, 0.05) is 39.3 Å². The molecule has 0 aromatic heterocycles. The van der Waals surface area contributed by atoms with Crippen molar-refractivity contribution < 1.29 is 5.11 Å². The second-order valence-electron chi connectivity index (χ2n) is 3.97. The van der Waals surface area contributed by atoms with Crippen LogP contribution in [0.4, 0.5) is 0 Å². The zero-order valence-electron chi connectivity index (χ0n) is 8.66. The molecule has 0 bridgehead atoms. The Bertz CT molecular complexity index is 135. The van der Waals surface area contributed by atoms with Gasteiger partial charge >= 0.3 is 0 Å². The number of nitrogens with zero attached hydrogens (tertiary/aromatic N) is 2. The van der Waals surface area contributed by atoms with Crippen molar-refractivity contribution in [1.82, 2.24) is 15.1 Å². The summed E-state index contributed by atoms with van der Waals surface area (Å²) < 4.78 is 0. The van der Waals surface area contributed by atoms with E-state index in [1.165, 1.54) is 0 Å². The summed E-state index contributed by atoms with van der Waals surface area (Å²) in [5, 5.41) is 13.0. The standard InChI is InChI=1S/C9H21N3O/c1-11(2)7-9(13)8-12-5-3-10-4-6-12/h9-10,13H,3-8H2,1-2H3. The van der Waals surface area contributed by atoms with Crippen LogP contribution in [0.3, 0.4) is 0 Å². The van der Waals surface area contributed by atoms with Crippen LogP contribution < -0.4 is 5.32 Å². The molecule has 13 heavy (non-hydrogen) atoms. The first-order valence-electron chi connectivity index (χ1n) is 4.94. The molecular weight excluding hydrogens is 166 g/mol. The third-order valence-corrected chi connectivity index (χ3v) is 2.25. The van der Waals surface area contributed by atoms with Crippen LogP contribution in [0.1, 0.15) is 0 Å². The highest BCUT2D eigenvalue weighted by molar-refractivity contribution is 4.71. The second kappa shape index (κ2) is 5.54. The van der Waals surface area contributed by atoms with Crippen molar-refractivity contribution in [3.63, 3.8) is 0 Å². The summed E-state index contributed by atoms with van der Waals surface area (Å²) in [5.41, 5.74) is 0. The molecule has 0 saturated carbocycles. The molecule has 1 rings (SSSR count). The maximum absolute atomic E-state index is 9.67. The summed E-state index contributed by atoms with van der Waals surface area (Å²) in [4.78, 5) is 4.33. The summed E-state index contributed by atoms with van der Waals surface area (Å²) in [5.74, 6) is 0. The van der Waals surface area contributed by atoms with Crippen molar-refractivity contribution in [2.24, 2.45) is 0 Å². The number of hydrogen-bond acceptors (Lipinski definition) is 4. The Hall–Kier alpha value is -0.160. The highest BCUT2D eigenvalue weighted by Gasteiger charge is 2.14. The molecule has 78 valence electrons. The highest BCUT2D eigenvalue weighted by atomic mass is 16.3. The van der Waals surface area contributed by atoms with Gasteiger partial charge in [0.1, 0.15) is 0 Å². The van der Waals surface area contributed by atoms with Crippen LogP contribution in [-0.2, 0) is 0 Å². The molecule has 0 aliphatic carbocycles. The van der Waals surface area contributed by atoms with Crippen LogP contribution in [0.2, 0.25) is 0 Å². The zero-order chi connectivity index (χ0) is 9.68. The monoisotopic (exact) mass is 187 g/mol. The van der Waals surface area contributed by atoms with E-state index in [9.17, 15) is 5.11 Å². The Morgan fingerprint density at radius 2 is 2.00 bits per heavy atom. The summed E-state index contributed by atoms with van der Waals surface area (Å²) >= 11 is 0. The molecule has 4 nitrogen and oxygen atoms in total. The van der Waals surface area contributed by atoms with E-state index in [1.54, 1.807) is 0 Å². The van der Waals surface area contributed by atoms with Crippen LogP contribution in [0.5, 0.6) is 0 Å². The van der Waals surface area contributed by atoms with Gasteiger partial charge in [-0.2, -0.15) is 0 Å². The molecule has 0 amide bonds. The van der Waals surface area contributed by atoms with E-state index in [2.05, 4.69) is 10.2 Å². The third-order valence-electron chi connectivity index (χ3n) is 2.25. The van der Waals surface area contributed by atoms with Gasteiger partial charge in [-0.1, -0.05) is 0 Å². The maximum Gasteiger partial charge on any atom is 0.0793 e. The molecule has 1 unspecified atom stereocenters. The lowest BCUT2D eigenvalue weighted by Crippen LogP contribution is -2.47. The fraction of sp³-hybridized carbons (Fsp3) is 1.00. The Labute approximate surface area is 80.5 Å². The van der Waals surface area contributed by atoms with E-state index in [0.717, 1.165) is 39.3 Å². The Balaban J connectivity index is 2.14. The van der Waals surface area contributed by atoms with E-state index in [-0.39, 0.29) is 6.10 Å². The number of hydrogen-bond donors (Lipinski definition) is 2. The molecule has 0 aromatic rings. The number of likely N-dealkylation sites (N-methyl/N-ethyl adjacent to an activating group) is 1. The summed E-state index contributed by atoms with van der Waals surface area (Å²) in [6.07, 6.45) is -0.215. The zero-order valence-corrected chi connectivity index (χ0v) is 8.66. The molecule has 2 N–H and O–H groups in total. The second-order valence-corrected chi connectivity index (χ2v) is 3.97. The van der Waals surface area contributed by atoms with Gasteiger partial charge in [-0.25, -0.2) is 0 Å². The molecule has 1 saturated heterocycles. The summed E-state index contributed by atoms with van der Waals surface area (Å²) in [7, 11) is 3.97. The van der Waals surface area contributed by atoms with Crippen LogP contribution in [-0.4, -0.2) is 74.4 Å². The van der Waals surface area contributed by atoms with Crippen molar-refractivity contribution in [2.45, 2.75) is 6.10 Å². The number of aliphatic hydroxyl groups excluding tert-OH is 1. The van der Waals surface area contributed by atoms with Gasteiger partial charge < -0.3 is 15.3 Å². The molecule has 1 fully saturated rings. The lowest BCUT2D eigenvalue weighted by atomic mass is 10.2. The van der Waals surface area contributed by atoms with Crippen LogP contribution in [0.25, 0.3) is 0 Å². The van der Waals surface area contributed by atoms with Crippen LogP contribution >= 0.6 is 0 Å². The van der Waals surface area contributed by atoms with E-state index in [0.29, 0.717) is 0 Å². The van der Waals surface area contributed by atoms with Gasteiger partial charge in [-0.15, -0.1) is 0 Å². The molecule has 1 aliphatic heterocycles. The topological polar surface area (TPSA) is 38.7 Å². The SMILES string of the molecule is CN(C)CC(O)CN1CCNCC1. The van der Waals surface area contributed by atoms with Gasteiger partial charge in [-0.3, -0.25) is 4.90 Å². The average Bonchev–Trinajstić information content (AvgIpc) is 2.04. The van der Waals surface area contributed by atoms with Gasteiger partial charge in [0.15, 0.2) is 0 Å². The normalized spacial score (nSPS) is 22.2. The quantitative estimate of drug-likeness (QED) is 0.581. The first-order valence-corrected chi connectivity index (χ1v) is 4.94. The number of rotatable bonds is 4. The van der Waals surface area contributed by atoms with Gasteiger partial charge in [0.05, 0.1) is 6.10 Å². The first kappa shape index (κ1) is 10.9.